The van der Waals surface area contributed by atoms with Crippen LogP contribution in [0.5, 0.6) is 0 Å². The predicted molar refractivity (Wildman–Crippen MR) is 54.1 cm³/mol. The maximum Gasteiger partial charge on any atom is 0.194 e. The van der Waals surface area contributed by atoms with Crippen molar-refractivity contribution in [3.63, 3.8) is 0 Å². The Morgan fingerprint density at radius 3 is 2.60 bits per heavy atom. The van der Waals surface area contributed by atoms with Crippen molar-refractivity contribution >= 4 is 5.78 Å². The zero-order valence-corrected chi connectivity index (χ0v) is 7.85. The van der Waals surface area contributed by atoms with E-state index in [9.17, 15) is 9.18 Å². The first-order valence-electron chi connectivity index (χ1n) is 4.47. The standard InChI is InChI=1S/C12H8FNO/c13-11-5-1-3-9(7-11)12(15)10-4-2-6-14-8-10/h1-8H. The molecule has 0 saturated carbocycles. The average Bonchev–Trinajstić information content (AvgIpc) is 2.29. The molecule has 2 nitrogen and oxygen atoms in total. The summed E-state index contributed by atoms with van der Waals surface area (Å²) in [6, 6.07) is 8.94. The maximum atomic E-state index is 12.9. The average molecular weight is 201 g/mol. The Morgan fingerprint density at radius 1 is 1.13 bits per heavy atom. The van der Waals surface area contributed by atoms with Crippen molar-refractivity contribution in [2.45, 2.75) is 0 Å². The van der Waals surface area contributed by atoms with Gasteiger partial charge in [0.1, 0.15) is 5.82 Å². The van der Waals surface area contributed by atoms with Crippen LogP contribution >= 0.6 is 0 Å². The molecule has 1 aromatic carbocycles. The van der Waals surface area contributed by atoms with Crippen LogP contribution in [0.3, 0.4) is 0 Å². The third-order valence-corrected chi connectivity index (χ3v) is 2.01. The molecular weight excluding hydrogens is 193 g/mol. The first-order valence-corrected chi connectivity index (χ1v) is 4.47. The number of hydrogen-bond acceptors (Lipinski definition) is 2. The lowest BCUT2D eigenvalue weighted by Gasteiger charge is -1.99. The van der Waals surface area contributed by atoms with Crippen LogP contribution < -0.4 is 0 Å². The number of aromatic nitrogens is 1. The van der Waals surface area contributed by atoms with Crippen molar-refractivity contribution in [2.24, 2.45) is 0 Å². The van der Waals surface area contributed by atoms with E-state index in [0.717, 1.165) is 0 Å². The van der Waals surface area contributed by atoms with Crippen LogP contribution in [-0.2, 0) is 0 Å². The number of pyridine rings is 1. The zero-order chi connectivity index (χ0) is 10.7. The Hall–Kier alpha value is -2.03. The van der Waals surface area contributed by atoms with Gasteiger partial charge in [0.15, 0.2) is 5.78 Å². The summed E-state index contributed by atoms with van der Waals surface area (Å²) < 4.78 is 12.9. The van der Waals surface area contributed by atoms with Crippen molar-refractivity contribution in [1.82, 2.24) is 4.98 Å². The van der Waals surface area contributed by atoms with Crippen molar-refractivity contribution in [3.8, 4) is 0 Å². The number of carbonyl (C=O) groups is 1. The summed E-state index contributed by atoms with van der Waals surface area (Å²) in [5.74, 6) is -0.632. The second kappa shape index (κ2) is 4.00. The van der Waals surface area contributed by atoms with Gasteiger partial charge < -0.3 is 0 Å². The molecule has 0 radical (unpaired) electrons. The molecule has 2 aromatic rings. The molecular formula is C12H8FNO. The highest BCUT2D eigenvalue weighted by molar-refractivity contribution is 6.08. The van der Waals surface area contributed by atoms with E-state index >= 15 is 0 Å². The van der Waals surface area contributed by atoms with Gasteiger partial charge in [-0.2, -0.15) is 0 Å². The molecule has 0 N–H and O–H groups in total. The normalized spacial score (nSPS) is 9.93. The summed E-state index contributed by atoms with van der Waals surface area (Å²) in [4.78, 5) is 15.6. The first kappa shape index (κ1) is 9.52. The number of carbonyl (C=O) groups excluding carboxylic acids is 1. The molecule has 0 aliphatic carbocycles. The number of nitrogens with zero attached hydrogens (tertiary/aromatic N) is 1. The SMILES string of the molecule is O=C(c1cccnc1)c1cccc(F)c1. The fraction of sp³-hybridized carbons (Fsp3) is 0. The highest BCUT2D eigenvalue weighted by Gasteiger charge is 2.08. The topological polar surface area (TPSA) is 30.0 Å². The van der Waals surface area contributed by atoms with Crippen LogP contribution in [0, 0.1) is 5.82 Å². The van der Waals surface area contributed by atoms with Gasteiger partial charge in [-0.25, -0.2) is 4.39 Å². The maximum absolute atomic E-state index is 12.9. The lowest BCUT2D eigenvalue weighted by Crippen LogP contribution is -2.01. The molecule has 0 bridgehead atoms. The van der Waals surface area contributed by atoms with Crippen LogP contribution in [0.1, 0.15) is 15.9 Å². The van der Waals surface area contributed by atoms with Gasteiger partial charge >= 0.3 is 0 Å². The fourth-order valence-corrected chi connectivity index (χ4v) is 1.29. The molecule has 2 rings (SSSR count). The van der Waals surface area contributed by atoms with Gasteiger partial charge in [-0.15, -0.1) is 0 Å². The zero-order valence-electron chi connectivity index (χ0n) is 7.85. The van der Waals surface area contributed by atoms with E-state index in [0.29, 0.717) is 11.1 Å². The van der Waals surface area contributed by atoms with E-state index in [-0.39, 0.29) is 5.78 Å². The van der Waals surface area contributed by atoms with Gasteiger partial charge in [-0.3, -0.25) is 9.78 Å². The molecule has 3 heteroatoms. The Balaban J connectivity index is 2.37. The molecule has 0 amide bonds. The molecule has 0 fully saturated rings. The molecule has 0 unspecified atom stereocenters. The fourth-order valence-electron chi connectivity index (χ4n) is 1.29. The summed E-state index contributed by atoms with van der Waals surface area (Å²) in [6.07, 6.45) is 3.05. The third-order valence-electron chi connectivity index (χ3n) is 2.01. The third kappa shape index (κ3) is 2.07. The molecule has 15 heavy (non-hydrogen) atoms. The minimum Gasteiger partial charge on any atom is -0.289 e. The smallest absolute Gasteiger partial charge is 0.194 e. The lowest BCUT2D eigenvalue weighted by molar-refractivity contribution is 0.103. The Labute approximate surface area is 86.4 Å². The molecule has 0 spiro atoms. The molecule has 74 valence electrons. The largest absolute Gasteiger partial charge is 0.289 e. The van der Waals surface area contributed by atoms with E-state index in [4.69, 9.17) is 0 Å². The van der Waals surface area contributed by atoms with Crippen LogP contribution in [-0.4, -0.2) is 10.8 Å². The summed E-state index contributed by atoms with van der Waals surface area (Å²) >= 11 is 0. The minimum atomic E-state index is -0.412. The first-order chi connectivity index (χ1) is 7.27. The number of hydrogen-bond donors (Lipinski definition) is 0. The Morgan fingerprint density at radius 2 is 1.93 bits per heavy atom. The van der Waals surface area contributed by atoms with Gasteiger partial charge in [0.05, 0.1) is 0 Å². The van der Waals surface area contributed by atoms with Crippen LogP contribution in [0.15, 0.2) is 48.8 Å². The molecule has 1 heterocycles. The summed E-state index contributed by atoms with van der Waals surface area (Å²) in [7, 11) is 0. The predicted octanol–water partition coefficient (Wildman–Crippen LogP) is 2.45. The molecule has 0 aliphatic heterocycles. The summed E-state index contributed by atoms with van der Waals surface area (Å²) in [5.41, 5.74) is 0.797. The molecule has 0 atom stereocenters. The Bertz CT molecular complexity index is 482. The van der Waals surface area contributed by atoms with E-state index in [2.05, 4.69) is 4.98 Å². The molecule has 0 aliphatic rings. The number of ketones is 1. The second-order valence-electron chi connectivity index (χ2n) is 3.08. The van der Waals surface area contributed by atoms with Crippen LogP contribution in [0.4, 0.5) is 4.39 Å². The molecule has 1 aromatic heterocycles. The van der Waals surface area contributed by atoms with E-state index < -0.39 is 5.82 Å². The number of benzene rings is 1. The van der Waals surface area contributed by atoms with Crippen LogP contribution in [0.2, 0.25) is 0 Å². The van der Waals surface area contributed by atoms with E-state index in [1.54, 1.807) is 24.4 Å². The quantitative estimate of drug-likeness (QED) is 0.698. The number of halogens is 1. The van der Waals surface area contributed by atoms with Crippen molar-refractivity contribution in [2.75, 3.05) is 0 Å². The van der Waals surface area contributed by atoms with Crippen LogP contribution in [0.25, 0.3) is 0 Å². The van der Waals surface area contributed by atoms with Gasteiger partial charge in [-0.05, 0) is 24.3 Å². The minimum absolute atomic E-state index is 0.220. The highest BCUT2D eigenvalue weighted by atomic mass is 19.1. The monoisotopic (exact) mass is 201 g/mol. The van der Waals surface area contributed by atoms with Gasteiger partial charge in [-0.1, -0.05) is 12.1 Å². The Kier molecular flexibility index (Phi) is 2.54. The second-order valence-corrected chi connectivity index (χ2v) is 3.08. The van der Waals surface area contributed by atoms with Crippen molar-refractivity contribution < 1.29 is 9.18 Å². The summed E-state index contributed by atoms with van der Waals surface area (Å²) in [6.45, 7) is 0. The van der Waals surface area contributed by atoms with Gasteiger partial charge in [0.2, 0.25) is 0 Å². The van der Waals surface area contributed by atoms with Gasteiger partial charge in [0, 0.05) is 23.5 Å². The van der Waals surface area contributed by atoms with Crippen molar-refractivity contribution in [3.05, 3.63) is 65.7 Å². The highest BCUT2D eigenvalue weighted by Crippen LogP contribution is 2.09. The van der Waals surface area contributed by atoms with Crippen molar-refractivity contribution in [1.29, 1.82) is 0 Å². The lowest BCUT2D eigenvalue weighted by atomic mass is 10.1. The van der Waals surface area contributed by atoms with E-state index in [1.807, 2.05) is 0 Å². The molecule has 0 saturated heterocycles. The van der Waals surface area contributed by atoms with Gasteiger partial charge in [0.25, 0.3) is 0 Å². The van der Waals surface area contributed by atoms with E-state index in [1.165, 1.54) is 24.4 Å². The summed E-state index contributed by atoms with van der Waals surface area (Å²) in [5, 5.41) is 0. The number of rotatable bonds is 2.